The fraction of sp³-hybridized carbons (Fsp3) is 0.364. The first-order valence-electron chi connectivity index (χ1n) is 4.61. The molecule has 1 aromatic rings. The third-order valence-corrected chi connectivity index (χ3v) is 3.06. The number of methoxy groups -OCH3 is 1. The Morgan fingerprint density at radius 3 is 2.80 bits per heavy atom. The average molecular weight is 292 g/mol. The Morgan fingerprint density at radius 1 is 1.53 bits per heavy atom. The summed E-state index contributed by atoms with van der Waals surface area (Å²) in [5.41, 5.74) is 1.71. The van der Waals surface area contributed by atoms with Gasteiger partial charge in [0.05, 0.1) is 12.7 Å². The summed E-state index contributed by atoms with van der Waals surface area (Å²) in [6, 6.07) is 5.46. The van der Waals surface area contributed by atoms with Gasteiger partial charge in [-0.2, -0.15) is 0 Å². The van der Waals surface area contributed by atoms with E-state index < -0.39 is 0 Å². The van der Waals surface area contributed by atoms with Gasteiger partial charge in [-0.15, -0.1) is 11.6 Å². The van der Waals surface area contributed by atoms with Crippen molar-refractivity contribution in [2.24, 2.45) is 0 Å². The van der Waals surface area contributed by atoms with Gasteiger partial charge in [0.2, 0.25) is 0 Å². The minimum Gasteiger partial charge on any atom is -0.465 e. The first-order valence-corrected chi connectivity index (χ1v) is 5.94. The van der Waals surface area contributed by atoms with E-state index in [4.69, 9.17) is 11.6 Å². The van der Waals surface area contributed by atoms with Crippen molar-refractivity contribution in [2.45, 2.75) is 12.8 Å². The van der Waals surface area contributed by atoms with Crippen molar-refractivity contribution < 1.29 is 9.53 Å². The highest BCUT2D eigenvalue weighted by atomic mass is 79.9. The molecule has 0 fully saturated rings. The first-order chi connectivity index (χ1) is 7.19. The molecule has 0 heterocycles. The van der Waals surface area contributed by atoms with Gasteiger partial charge in [0.1, 0.15) is 0 Å². The zero-order chi connectivity index (χ0) is 11.3. The van der Waals surface area contributed by atoms with Crippen LogP contribution in [0, 0.1) is 0 Å². The van der Waals surface area contributed by atoms with E-state index in [0.29, 0.717) is 11.4 Å². The number of rotatable bonds is 4. The van der Waals surface area contributed by atoms with Crippen LogP contribution in [0.3, 0.4) is 0 Å². The third kappa shape index (κ3) is 3.50. The minimum absolute atomic E-state index is 0.320. The summed E-state index contributed by atoms with van der Waals surface area (Å²) in [5.74, 6) is 0.324. The maximum Gasteiger partial charge on any atom is 0.337 e. The SMILES string of the molecule is COC(=O)c1ccc(CCCCl)c(Br)c1. The van der Waals surface area contributed by atoms with Crippen LogP contribution in [0.2, 0.25) is 0 Å². The second kappa shape index (κ2) is 6.13. The zero-order valence-electron chi connectivity index (χ0n) is 8.43. The van der Waals surface area contributed by atoms with Crippen LogP contribution in [0.25, 0.3) is 0 Å². The van der Waals surface area contributed by atoms with E-state index in [0.717, 1.165) is 22.9 Å². The Labute approximate surface area is 103 Å². The number of benzene rings is 1. The lowest BCUT2D eigenvalue weighted by Gasteiger charge is -2.05. The van der Waals surface area contributed by atoms with Crippen LogP contribution in [0.4, 0.5) is 0 Å². The molecule has 0 saturated carbocycles. The highest BCUT2D eigenvalue weighted by Crippen LogP contribution is 2.20. The van der Waals surface area contributed by atoms with Gasteiger partial charge in [0.15, 0.2) is 0 Å². The number of ether oxygens (including phenoxy) is 1. The maximum atomic E-state index is 11.2. The lowest BCUT2D eigenvalue weighted by Crippen LogP contribution is -2.01. The van der Waals surface area contributed by atoms with Crippen molar-refractivity contribution in [1.29, 1.82) is 0 Å². The summed E-state index contributed by atoms with van der Waals surface area (Å²) in [4.78, 5) is 11.2. The molecule has 82 valence electrons. The number of halogens is 2. The molecule has 15 heavy (non-hydrogen) atoms. The maximum absolute atomic E-state index is 11.2. The standard InChI is InChI=1S/C11H12BrClO2/c1-15-11(14)9-5-4-8(3-2-6-13)10(12)7-9/h4-5,7H,2-3,6H2,1H3. The van der Waals surface area contributed by atoms with Crippen molar-refractivity contribution in [3.8, 4) is 0 Å². The molecule has 0 unspecified atom stereocenters. The molecule has 0 spiro atoms. The third-order valence-electron chi connectivity index (χ3n) is 2.05. The smallest absolute Gasteiger partial charge is 0.337 e. The summed E-state index contributed by atoms with van der Waals surface area (Å²) in [6.45, 7) is 0. The second-order valence-electron chi connectivity index (χ2n) is 3.09. The van der Waals surface area contributed by atoms with Crippen LogP contribution in [0.5, 0.6) is 0 Å². The Hall–Kier alpha value is -0.540. The van der Waals surface area contributed by atoms with Gasteiger partial charge in [-0.3, -0.25) is 0 Å². The quantitative estimate of drug-likeness (QED) is 0.628. The number of hydrogen-bond acceptors (Lipinski definition) is 2. The monoisotopic (exact) mass is 290 g/mol. The van der Waals surface area contributed by atoms with Gasteiger partial charge in [-0.25, -0.2) is 4.79 Å². The van der Waals surface area contributed by atoms with Crippen molar-refractivity contribution in [3.63, 3.8) is 0 Å². The highest BCUT2D eigenvalue weighted by molar-refractivity contribution is 9.10. The highest BCUT2D eigenvalue weighted by Gasteiger charge is 2.07. The summed E-state index contributed by atoms with van der Waals surface area (Å²) in [7, 11) is 1.37. The number of hydrogen-bond donors (Lipinski definition) is 0. The van der Waals surface area contributed by atoms with Crippen molar-refractivity contribution in [2.75, 3.05) is 13.0 Å². The van der Waals surface area contributed by atoms with E-state index in [1.165, 1.54) is 7.11 Å². The van der Waals surface area contributed by atoms with Gasteiger partial charge in [-0.05, 0) is 30.5 Å². The van der Waals surface area contributed by atoms with Crippen LogP contribution in [0.1, 0.15) is 22.3 Å². The van der Waals surface area contributed by atoms with Gasteiger partial charge < -0.3 is 4.74 Å². The molecule has 0 aliphatic heterocycles. The topological polar surface area (TPSA) is 26.3 Å². The molecule has 4 heteroatoms. The molecule has 0 N–H and O–H groups in total. The number of alkyl halides is 1. The number of carbonyl (C=O) groups is 1. The molecule has 0 aliphatic rings. The van der Waals surface area contributed by atoms with E-state index in [9.17, 15) is 4.79 Å². The molecular weight excluding hydrogens is 279 g/mol. The second-order valence-corrected chi connectivity index (χ2v) is 4.32. The van der Waals surface area contributed by atoms with Gasteiger partial charge in [0.25, 0.3) is 0 Å². The van der Waals surface area contributed by atoms with E-state index in [1.54, 1.807) is 12.1 Å². The average Bonchev–Trinajstić information content (AvgIpc) is 2.26. The predicted octanol–water partition coefficient (Wildman–Crippen LogP) is 3.41. The Kier molecular flexibility index (Phi) is 5.12. The molecule has 0 aliphatic carbocycles. The Balaban J connectivity index is 2.83. The van der Waals surface area contributed by atoms with Gasteiger partial charge in [0, 0.05) is 10.4 Å². The summed E-state index contributed by atoms with van der Waals surface area (Å²) in [6.07, 6.45) is 1.84. The Bertz CT molecular complexity index is 352. The fourth-order valence-electron chi connectivity index (χ4n) is 1.25. The largest absolute Gasteiger partial charge is 0.465 e. The molecule has 2 nitrogen and oxygen atoms in total. The van der Waals surface area contributed by atoms with Gasteiger partial charge >= 0.3 is 5.97 Å². The first kappa shape index (κ1) is 12.5. The molecule has 1 rings (SSSR count). The van der Waals surface area contributed by atoms with Gasteiger partial charge in [-0.1, -0.05) is 22.0 Å². The fourth-order valence-corrected chi connectivity index (χ4v) is 1.96. The van der Waals surface area contributed by atoms with E-state index >= 15 is 0 Å². The number of esters is 1. The minimum atomic E-state index is -0.320. The zero-order valence-corrected chi connectivity index (χ0v) is 10.8. The molecule has 0 amide bonds. The van der Waals surface area contributed by atoms with Crippen molar-refractivity contribution >= 4 is 33.5 Å². The van der Waals surface area contributed by atoms with Crippen LogP contribution >= 0.6 is 27.5 Å². The predicted molar refractivity (Wildman–Crippen MR) is 64.5 cm³/mol. The molecule has 1 aromatic carbocycles. The lowest BCUT2D eigenvalue weighted by atomic mass is 10.1. The normalized spacial score (nSPS) is 10.1. The van der Waals surface area contributed by atoms with Crippen LogP contribution in [-0.2, 0) is 11.2 Å². The molecule has 0 radical (unpaired) electrons. The van der Waals surface area contributed by atoms with Crippen LogP contribution in [-0.4, -0.2) is 19.0 Å². The number of carbonyl (C=O) groups excluding carboxylic acids is 1. The molecular formula is C11H12BrClO2. The summed E-state index contributed by atoms with van der Waals surface area (Å²) >= 11 is 9.04. The molecule has 0 saturated heterocycles. The summed E-state index contributed by atoms with van der Waals surface area (Å²) < 4.78 is 5.56. The van der Waals surface area contributed by atoms with Crippen molar-refractivity contribution in [3.05, 3.63) is 33.8 Å². The van der Waals surface area contributed by atoms with E-state index in [1.807, 2.05) is 6.07 Å². The molecule has 0 atom stereocenters. The Morgan fingerprint density at radius 2 is 2.27 bits per heavy atom. The molecule has 0 aromatic heterocycles. The van der Waals surface area contributed by atoms with E-state index in [2.05, 4.69) is 20.7 Å². The van der Waals surface area contributed by atoms with Crippen molar-refractivity contribution in [1.82, 2.24) is 0 Å². The van der Waals surface area contributed by atoms with Crippen LogP contribution < -0.4 is 0 Å². The van der Waals surface area contributed by atoms with Crippen LogP contribution in [0.15, 0.2) is 22.7 Å². The lowest BCUT2D eigenvalue weighted by molar-refractivity contribution is 0.0600. The number of aryl methyl sites for hydroxylation is 1. The van der Waals surface area contributed by atoms with E-state index in [-0.39, 0.29) is 5.97 Å². The molecule has 0 bridgehead atoms. The summed E-state index contributed by atoms with van der Waals surface area (Å²) in [5, 5.41) is 0.